The number of nitrogens with two attached hydrogens (primary N) is 1. The van der Waals surface area contributed by atoms with Crippen molar-refractivity contribution in [2.45, 2.75) is 12.1 Å². The van der Waals surface area contributed by atoms with Crippen LogP contribution in [0.1, 0.15) is 11.6 Å². The van der Waals surface area contributed by atoms with E-state index >= 15 is 0 Å². The van der Waals surface area contributed by atoms with E-state index < -0.39 is 0 Å². The zero-order chi connectivity index (χ0) is 13.8. The molecule has 5 nitrogen and oxygen atoms in total. The van der Waals surface area contributed by atoms with Gasteiger partial charge in [0.15, 0.2) is 0 Å². The van der Waals surface area contributed by atoms with Crippen LogP contribution in [-0.4, -0.2) is 44.9 Å². The van der Waals surface area contributed by atoms with Gasteiger partial charge >= 0.3 is 0 Å². The summed E-state index contributed by atoms with van der Waals surface area (Å²) in [7, 11) is 3.67. The van der Waals surface area contributed by atoms with Crippen molar-refractivity contribution >= 4 is 11.6 Å². The summed E-state index contributed by atoms with van der Waals surface area (Å²) in [5, 5.41) is 0.587. The summed E-state index contributed by atoms with van der Waals surface area (Å²) in [5.74, 6) is 6.33. The van der Waals surface area contributed by atoms with Crippen molar-refractivity contribution in [2.24, 2.45) is 5.84 Å². The lowest BCUT2D eigenvalue weighted by molar-refractivity contribution is -0.0393. The van der Waals surface area contributed by atoms with Crippen LogP contribution in [0.3, 0.4) is 0 Å². The molecule has 1 aliphatic rings. The van der Waals surface area contributed by atoms with E-state index in [9.17, 15) is 0 Å². The van der Waals surface area contributed by atoms with Gasteiger partial charge in [0.1, 0.15) is 5.75 Å². The molecule has 0 bridgehead atoms. The van der Waals surface area contributed by atoms with Crippen molar-refractivity contribution in [1.82, 2.24) is 10.3 Å². The molecule has 0 amide bonds. The second kappa shape index (κ2) is 6.54. The molecule has 6 heteroatoms. The Kier molecular flexibility index (Phi) is 5.01. The van der Waals surface area contributed by atoms with Crippen LogP contribution in [0.5, 0.6) is 5.75 Å². The monoisotopic (exact) mass is 285 g/mol. The van der Waals surface area contributed by atoms with Gasteiger partial charge < -0.3 is 14.4 Å². The molecule has 0 spiro atoms. The highest BCUT2D eigenvalue weighted by molar-refractivity contribution is 6.32. The number of ether oxygens (including phenoxy) is 2. The van der Waals surface area contributed by atoms with E-state index in [0.717, 1.165) is 18.7 Å². The zero-order valence-corrected chi connectivity index (χ0v) is 12.0. The van der Waals surface area contributed by atoms with Gasteiger partial charge in [0.2, 0.25) is 0 Å². The van der Waals surface area contributed by atoms with Crippen molar-refractivity contribution < 1.29 is 9.47 Å². The standard InChI is InChI=1S/C13H20ClN3O2/c1-17-5-6-19-12(8-17)13(16-15)9-3-4-10(14)11(7-9)18-2/h3-4,7,12-13,16H,5-6,8,15H2,1-2H3. The van der Waals surface area contributed by atoms with E-state index in [1.807, 2.05) is 18.2 Å². The molecule has 1 saturated heterocycles. The molecule has 0 aromatic heterocycles. The van der Waals surface area contributed by atoms with Gasteiger partial charge in [-0.3, -0.25) is 11.3 Å². The number of hydrogen-bond acceptors (Lipinski definition) is 5. The average molecular weight is 286 g/mol. The van der Waals surface area contributed by atoms with Crippen molar-refractivity contribution in [1.29, 1.82) is 0 Å². The number of hydrazine groups is 1. The number of likely N-dealkylation sites (N-methyl/N-ethyl adjacent to an activating group) is 1. The van der Waals surface area contributed by atoms with Crippen LogP contribution in [-0.2, 0) is 4.74 Å². The van der Waals surface area contributed by atoms with E-state index in [-0.39, 0.29) is 12.1 Å². The Morgan fingerprint density at radius 2 is 2.37 bits per heavy atom. The van der Waals surface area contributed by atoms with Crippen molar-refractivity contribution in [3.8, 4) is 5.75 Å². The Labute approximate surface area is 118 Å². The Morgan fingerprint density at radius 3 is 3.00 bits per heavy atom. The first-order valence-corrected chi connectivity index (χ1v) is 6.63. The minimum atomic E-state index is -0.0890. The lowest BCUT2D eigenvalue weighted by atomic mass is 10.0. The Bertz CT molecular complexity index is 430. The van der Waals surface area contributed by atoms with Crippen molar-refractivity contribution in [3.05, 3.63) is 28.8 Å². The second-order valence-electron chi connectivity index (χ2n) is 4.71. The van der Waals surface area contributed by atoms with Gasteiger partial charge in [-0.25, -0.2) is 0 Å². The maximum absolute atomic E-state index is 6.04. The summed E-state index contributed by atoms with van der Waals surface area (Å²) in [6.07, 6.45) is 0.00892. The lowest BCUT2D eigenvalue weighted by Gasteiger charge is -2.35. The van der Waals surface area contributed by atoms with Gasteiger partial charge in [-0.05, 0) is 24.7 Å². The average Bonchev–Trinajstić information content (AvgIpc) is 2.41. The molecule has 2 atom stereocenters. The highest BCUT2D eigenvalue weighted by Gasteiger charge is 2.27. The predicted octanol–water partition coefficient (Wildman–Crippen LogP) is 1.18. The Morgan fingerprint density at radius 1 is 1.58 bits per heavy atom. The van der Waals surface area contributed by atoms with Gasteiger partial charge in [0.25, 0.3) is 0 Å². The maximum atomic E-state index is 6.04. The third-order valence-corrected chi connectivity index (χ3v) is 3.69. The third-order valence-electron chi connectivity index (χ3n) is 3.38. The minimum Gasteiger partial charge on any atom is -0.495 e. The molecule has 0 saturated carbocycles. The predicted molar refractivity (Wildman–Crippen MR) is 75.3 cm³/mol. The summed E-state index contributed by atoms with van der Waals surface area (Å²) in [5.41, 5.74) is 3.83. The molecule has 19 heavy (non-hydrogen) atoms. The molecule has 1 heterocycles. The third kappa shape index (κ3) is 3.38. The summed E-state index contributed by atoms with van der Waals surface area (Å²) >= 11 is 6.04. The van der Waals surface area contributed by atoms with Crippen molar-refractivity contribution in [3.63, 3.8) is 0 Å². The number of halogens is 1. The first-order chi connectivity index (χ1) is 9.15. The van der Waals surface area contributed by atoms with Crippen LogP contribution in [0.2, 0.25) is 5.02 Å². The Hall–Kier alpha value is -0.850. The normalized spacial score (nSPS) is 22.2. The first kappa shape index (κ1) is 14.6. The summed E-state index contributed by atoms with van der Waals surface area (Å²) in [4.78, 5) is 2.23. The van der Waals surface area contributed by atoms with Gasteiger partial charge in [-0.2, -0.15) is 0 Å². The number of nitrogens with one attached hydrogen (secondary N) is 1. The molecule has 1 fully saturated rings. The Balaban J connectivity index is 2.21. The SMILES string of the molecule is COc1cc(C(NN)C2CN(C)CCO2)ccc1Cl. The second-order valence-corrected chi connectivity index (χ2v) is 5.12. The molecular formula is C13H20ClN3O2. The highest BCUT2D eigenvalue weighted by Crippen LogP contribution is 2.30. The fourth-order valence-corrected chi connectivity index (χ4v) is 2.50. The van der Waals surface area contributed by atoms with Gasteiger partial charge in [-0.15, -0.1) is 0 Å². The van der Waals surface area contributed by atoms with Gasteiger partial charge in [0, 0.05) is 13.1 Å². The number of nitrogens with zero attached hydrogens (tertiary/aromatic N) is 1. The number of hydrogen-bond donors (Lipinski definition) is 2. The number of methoxy groups -OCH3 is 1. The molecule has 1 aromatic carbocycles. The first-order valence-electron chi connectivity index (χ1n) is 6.25. The van der Waals surface area contributed by atoms with Crippen LogP contribution in [0.15, 0.2) is 18.2 Å². The van der Waals surface area contributed by atoms with Gasteiger partial charge in [0.05, 0.1) is 30.9 Å². The number of morpholine rings is 1. The van der Waals surface area contributed by atoms with E-state index in [2.05, 4.69) is 17.4 Å². The molecule has 0 aliphatic carbocycles. The van der Waals surface area contributed by atoms with Crippen LogP contribution in [0.25, 0.3) is 0 Å². The molecule has 2 rings (SSSR count). The summed E-state index contributed by atoms with van der Waals surface area (Å²) in [6, 6.07) is 5.55. The lowest BCUT2D eigenvalue weighted by Crippen LogP contribution is -2.48. The largest absolute Gasteiger partial charge is 0.495 e. The van der Waals surface area contributed by atoms with Crippen LogP contribution < -0.4 is 16.0 Å². The zero-order valence-electron chi connectivity index (χ0n) is 11.2. The van der Waals surface area contributed by atoms with E-state index in [1.165, 1.54) is 0 Å². The molecule has 1 aliphatic heterocycles. The smallest absolute Gasteiger partial charge is 0.137 e. The van der Waals surface area contributed by atoms with Gasteiger partial charge in [-0.1, -0.05) is 17.7 Å². The summed E-state index contributed by atoms with van der Waals surface area (Å²) in [6.45, 7) is 2.49. The van der Waals surface area contributed by atoms with Crippen LogP contribution in [0, 0.1) is 0 Å². The quantitative estimate of drug-likeness (QED) is 0.643. The number of rotatable bonds is 4. The van der Waals surface area contributed by atoms with E-state index in [0.29, 0.717) is 17.4 Å². The topological polar surface area (TPSA) is 59.8 Å². The van der Waals surface area contributed by atoms with Crippen molar-refractivity contribution in [2.75, 3.05) is 33.9 Å². The molecular weight excluding hydrogens is 266 g/mol. The van der Waals surface area contributed by atoms with Crippen LogP contribution >= 0.6 is 11.6 Å². The number of benzene rings is 1. The van der Waals surface area contributed by atoms with Crippen LogP contribution in [0.4, 0.5) is 0 Å². The fraction of sp³-hybridized carbons (Fsp3) is 0.538. The fourth-order valence-electron chi connectivity index (χ4n) is 2.30. The molecule has 3 N–H and O–H groups in total. The molecule has 0 radical (unpaired) electrons. The summed E-state index contributed by atoms with van der Waals surface area (Å²) < 4.78 is 11.0. The van der Waals surface area contributed by atoms with E-state index in [1.54, 1.807) is 7.11 Å². The highest BCUT2D eigenvalue weighted by atomic mass is 35.5. The maximum Gasteiger partial charge on any atom is 0.137 e. The molecule has 2 unspecified atom stereocenters. The minimum absolute atomic E-state index is 0.00892. The molecule has 1 aromatic rings. The van der Waals surface area contributed by atoms with E-state index in [4.69, 9.17) is 26.9 Å². The molecule has 106 valence electrons.